The zero-order valence-corrected chi connectivity index (χ0v) is 10.0. The van der Waals surface area contributed by atoms with E-state index in [-0.39, 0.29) is 6.04 Å². The van der Waals surface area contributed by atoms with Crippen LogP contribution in [-0.4, -0.2) is 16.5 Å². The maximum absolute atomic E-state index is 6.07. The van der Waals surface area contributed by atoms with Gasteiger partial charge in [0.2, 0.25) is 0 Å². The largest absolute Gasteiger partial charge is 0.268 e. The van der Waals surface area contributed by atoms with Crippen molar-refractivity contribution in [1.82, 2.24) is 9.99 Å². The Morgan fingerprint density at radius 3 is 2.80 bits per heavy atom. The van der Waals surface area contributed by atoms with Gasteiger partial charge in [-0.3, -0.25) is 5.84 Å². The molecule has 82 valence electrons. The average Bonchev–Trinajstić information content (AvgIpc) is 2.58. The summed E-state index contributed by atoms with van der Waals surface area (Å²) in [7, 11) is 0. The monoisotopic (exact) mass is 245 g/mol. The molecule has 0 unspecified atom stereocenters. The highest BCUT2D eigenvalue weighted by atomic mass is 35.5. The molecule has 2 N–H and O–H groups in total. The summed E-state index contributed by atoms with van der Waals surface area (Å²) in [5.41, 5.74) is 1.93. The summed E-state index contributed by atoms with van der Waals surface area (Å²) in [5.74, 6) is 5.88. The minimum absolute atomic E-state index is 0.181. The summed E-state index contributed by atoms with van der Waals surface area (Å²) >= 11 is 12.0. The molecule has 0 bridgehead atoms. The highest BCUT2D eigenvalue weighted by molar-refractivity contribution is 6.33. The third-order valence-electron chi connectivity index (χ3n) is 2.79. The molecule has 0 spiro atoms. The Morgan fingerprint density at radius 1 is 1.47 bits per heavy atom. The molecule has 1 saturated heterocycles. The summed E-state index contributed by atoms with van der Waals surface area (Å²) < 4.78 is 0. The first-order chi connectivity index (χ1) is 7.09. The van der Waals surface area contributed by atoms with Gasteiger partial charge in [0.15, 0.2) is 0 Å². The highest BCUT2D eigenvalue weighted by Gasteiger charge is 2.26. The van der Waals surface area contributed by atoms with Crippen molar-refractivity contribution in [2.24, 2.45) is 5.84 Å². The second kappa shape index (κ2) is 4.26. The molecule has 1 fully saturated rings. The van der Waals surface area contributed by atoms with Gasteiger partial charge in [0.05, 0.1) is 6.04 Å². The van der Waals surface area contributed by atoms with E-state index in [4.69, 9.17) is 29.0 Å². The Kier molecular flexibility index (Phi) is 3.16. The summed E-state index contributed by atoms with van der Waals surface area (Å²) in [6, 6.07) is 2.16. The molecule has 3 nitrogen and oxygen atoms in total. The molecule has 0 saturated carbocycles. The number of hydrazine groups is 1. The van der Waals surface area contributed by atoms with Crippen LogP contribution in [0.15, 0.2) is 6.07 Å². The van der Waals surface area contributed by atoms with E-state index in [1.165, 1.54) is 0 Å². The van der Waals surface area contributed by atoms with Gasteiger partial charge in [-0.2, -0.15) is 0 Å². The lowest BCUT2D eigenvalue weighted by Gasteiger charge is -2.20. The Labute approximate surface area is 99.1 Å². The molecule has 0 aliphatic carbocycles. The second-order valence-electron chi connectivity index (χ2n) is 3.87. The lowest BCUT2D eigenvalue weighted by atomic mass is 10.1. The summed E-state index contributed by atoms with van der Waals surface area (Å²) in [5, 5.41) is 2.74. The Balaban J connectivity index is 2.39. The molecule has 5 heteroatoms. The van der Waals surface area contributed by atoms with Gasteiger partial charge in [0.25, 0.3) is 0 Å². The highest BCUT2D eigenvalue weighted by Crippen LogP contribution is 2.34. The lowest BCUT2D eigenvalue weighted by Crippen LogP contribution is -2.30. The number of halogens is 2. The van der Waals surface area contributed by atoms with Crippen molar-refractivity contribution in [1.29, 1.82) is 0 Å². The van der Waals surface area contributed by atoms with E-state index in [1.807, 2.05) is 18.0 Å². The van der Waals surface area contributed by atoms with Crippen molar-refractivity contribution in [3.8, 4) is 0 Å². The van der Waals surface area contributed by atoms with Gasteiger partial charge in [0.1, 0.15) is 10.3 Å². The predicted molar refractivity (Wildman–Crippen MR) is 61.9 cm³/mol. The van der Waals surface area contributed by atoms with Crippen LogP contribution >= 0.6 is 23.2 Å². The number of hydrogen-bond donors (Lipinski definition) is 1. The molecule has 1 aromatic rings. The summed E-state index contributed by atoms with van der Waals surface area (Å²) in [4.78, 5) is 4.10. The topological polar surface area (TPSA) is 42.1 Å². The molecule has 1 aliphatic heterocycles. The van der Waals surface area contributed by atoms with Crippen LogP contribution in [0, 0.1) is 6.92 Å². The molecular weight excluding hydrogens is 233 g/mol. The Hall–Kier alpha value is -0.350. The second-order valence-corrected chi connectivity index (χ2v) is 4.59. The Morgan fingerprint density at radius 2 is 2.20 bits per heavy atom. The van der Waals surface area contributed by atoms with E-state index in [1.54, 1.807) is 0 Å². The number of nitrogens with two attached hydrogens (primary N) is 1. The normalized spacial score (nSPS) is 22.3. The molecule has 2 rings (SSSR count). The van der Waals surface area contributed by atoms with Crippen LogP contribution in [0.5, 0.6) is 0 Å². The molecule has 0 amide bonds. The van der Waals surface area contributed by atoms with Gasteiger partial charge in [-0.15, -0.1) is 0 Å². The third-order valence-corrected chi connectivity index (χ3v) is 3.47. The van der Waals surface area contributed by atoms with Crippen LogP contribution in [0.2, 0.25) is 10.3 Å². The van der Waals surface area contributed by atoms with Gasteiger partial charge < -0.3 is 0 Å². The first kappa shape index (κ1) is 11.1. The van der Waals surface area contributed by atoms with Gasteiger partial charge in [-0.1, -0.05) is 23.2 Å². The quantitative estimate of drug-likeness (QED) is 0.612. The van der Waals surface area contributed by atoms with E-state index in [2.05, 4.69) is 4.98 Å². The van der Waals surface area contributed by atoms with Crippen molar-refractivity contribution in [2.45, 2.75) is 25.8 Å². The van der Waals surface area contributed by atoms with E-state index in [0.717, 1.165) is 30.5 Å². The zero-order chi connectivity index (χ0) is 11.0. The number of hydrogen-bond acceptors (Lipinski definition) is 3. The fourth-order valence-corrected chi connectivity index (χ4v) is 2.40. The number of aryl methyl sites for hydroxylation is 1. The average molecular weight is 246 g/mol. The zero-order valence-electron chi connectivity index (χ0n) is 8.50. The summed E-state index contributed by atoms with van der Waals surface area (Å²) in [6.07, 6.45) is 2.12. The van der Waals surface area contributed by atoms with Crippen molar-refractivity contribution in [3.63, 3.8) is 0 Å². The maximum Gasteiger partial charge on any atom is 0.135 e. The molecular formula is C10H13Cl2N3. The van der Waals surface area contributed by atoms with E-state index < -0.39 is 0 Å². The Bertz CT molecular complexity index is 381. The molecule has 1 aromatic heterocycles. The van der Waals surface area contributed by atoms with Crippen LogP contribution in [0.4, 0.5) is 0 Å². The van der Waals surface area contributed by atoms with Crippen molar-refractivity contribution in [3.05, 3.63) is 27.5 Å². The fraction of sp³-hybridized carbons (Fsp3) is 0.500. The number of pyridine rings is 1. The third kappa shape index (κ3) is 2.11. The molecule has 0 radical (unpaired) electrons. The van der Waals surface area contributed by atoms with Gasteiger partial charge in [-0.25, -0.2) is 9.99 Å². The van der Waals surface area contributed by atoms with Crippen LogP contribution in [0.1, 0.15) is 30.0 Å². The maximum atomic E-state index is 6.07. The van der Waals surface area contributed by atoms with Gasteiger partial charge >= 0.3 is 0 Å². The first-order valence-electron chi connectivity index (χ1n) is 4.93. The smallest absolute Gasteiger partial charge is 0.135 e. The van der Waals surface area contributed by atoms with Crippen LogP contribution in [0.25, 0.3) is 0 Å². The fourth-order valence-electron chi connectivity index (χ4n) is 1.95. The van der Waals surface area contributed by atoms with Crippen LogP contribution in [-0.2, 0) is 0 Å². The van der Waals surface area contributed by atoms with E-state index in [0.29, 0.717) is 10.3 Å². The number of rotatable bonds is 1. The SMILES string of the molecule is Cc1cc([C@H]2CCCN2N)c(Cl)nc1Cl. The number of aromatic nitrogens is 1. The van der Waals surface area contributed by atoms with Gasteiger partial charge in [-0.05, 0) is 31.4 Å². The molecule has 2 heterocycles. The molecule has 0 aromatic carbocycles. The summed E-state index contributed by atoms with van der Waals surface area (Å²) in [6.45, 7) is 2.83. The van der Waals surface area contributed by atoms with Gasteiger partial charge in [0, 0.05) is 12.1 Å². The van der Waals surface area contributed by atoms with E-state index >= 15 is 0 Å². The van der Waals surface area contributed by atoms with Crippen molar-refractivity contribution < 1.29 is 0 Å². The predicted octanol–water partition coefficient (Wildman–Crippen LogP) is 2.71. The standard InChI is InChI=1S/C10H13Cl2N3/c1-6-5-7(10(12)14-9(6)11)8-3-2-4-15(8)13/h5,8H,2-4,13H2,1H3/t8-/m1/s1. The van der Waals surface area contributed by atoms with Crippen LogP contribution < -0.4 is 5.84 Å². The molecule has 1 atom stereocenters. The molecule has 1 aliphatic rings. The number of nitrogens with zero attached hydrogens (tertiary/aromatic N) is 2. The lowest BCUT2D eigenvalue weighted by molar-refractivity contribution is 0.266. The minimum Gasteiger partial charge on any atom is -0.268 e. The first-order valence-corrected chi connectivity index (χ1v) is 5.69. The van der Waals surface area contributed by atoms with Crippen molar-refractivity contribution >= 4 is 23.2 Å². The minimum atomic E-state index is 0.181. The van der Waals surface area contributed by atoms with Crippen molar-refractivity contribution in [2.75, 3.05) is 6.54 Å². The van der Waals surface area contributed by atoms with Crippen LogP contribution in [0.3, 0.4) is 0 Å². The molecule has 15 heavy (non-hydrogen) atoms. The van der Waals surface area contributed by atoms with E-state index in [9.17, 15) is 0 Å².